The molecule has 0 saturated heterocycles. The van der Waals surface area contributed by atoms with Crippen LogP contribution in [-0.2, 0) is 13.1 Å². The third-order valence-corrected chi connectivity index (χ3v) is 4.24. The number of aliphatic imine (C=N–C) groups is 1. The summed E-state index contributed by atoms with van der Waals surface area (Å²) in [6.07, 6.45) is -0.0538. The predicted octanol–water partition coefficient (Wildman–Crippen LogP) is 2.25. The standard InChI is InChI=1S/C21H28N4O2/c1-22-21(23-12-16-7-6-8-17(11-16)14-25(2)3)24-13-18-15-26-19-9-4-5-10-20(19)27-18/h4-11,18H,12-15H2,1-3H3,(H2,22,23,24). The van der Waals surface area contributed by atoms with Crippen molar-refractivity contribution < 1.29 is 9.47 Å². The summed E-state index contributed by atoms with van der Waals surface area (Å²) in [5.74, 6) is 2.33. The van der Waals surface area contributed by atoms with E-state index in [9.17, 15) is 0 Å². The number of guanidine groups is 1. The van der Waals surface area contributed by atoms with E-state index in [1.807, 2.05) is 24.3 Å². The molecule has 6 heteroatoms. The van der Waals surface area contributed by atoms with Crippen LogP contribution in [-0.4, -0.2) is 51.3 Å². The van der Waals surface area contributed by atoms with Gasteiger partial charge in [0.1, 0.15) is 12.7 Å². The lowest BCUT2D eigenvalue weighted by atomic mass is 10.1. The van der Waals surface area contributed by atoms with Crippen molar-refractivity contribution in [2.45, 2.75) is 19.2 Å². The number of para-hydroxylation sites is 2. The second-order valence-corrected chi connectivity index (χ2v) is 6.86. The maximum absolute atomic E-state index is 5.97. The van der Waals surface area contributed by atoms with Crippen LogP contribution in [0.5, 0.6) is 11.5 Å². The lowest BCUT2D eigenvalue weighted by Crippen LogP contribution is -2.45. The maximum Gasteiger partial charge on any atom is 0.191 e. The zero-order valence-corrected chi connectivity index (χ0v) is 16.2. The second kappa shape index (κ2) is 9.28. The molecule has 0 amide bonds. The van der Waals surface area contributed by atoms with Gasteiger partial charge in [-0.15, -0.1) is 0 Å². The highest BCUT2D eigenvalue weighted by atomic mass is 16.6. The van der Waals surface area contributed by atoms with E-state index in [-0.39, 0.29) is 6.10 Å². The lowest BCUT2D eigenvalue weighted by molar-refractivity contribution is 0.0936. The van der Waals surface area contributed by atoms with Gasteiger partial charge in [-0.05, 0) is 37.4 Å². The van der Waals surface area contributed by atoms with Crippen LogP contribution in [0.15, 0.2) is 53.5 Å². The van der Waals surface area contributed by atoms with Crippen molar-refractivity contribution in [3.8, 4) is 11.5 Å². The highest BCUT2D eigenvalue weighted by Gasteiger charge is 2.20. The number of nitrogens with one attached hydrogen (secondary N) is 2. The molecule has 1 aliphatic rings. The summed E-state index contributed by atoms with van der Waals surface area (Å²) in [4.78, 5) is 6.46. The molecule has 1 heterocycles. The molecule has 1 unspecified atom stereocenters. The van der Waals surface area contributed by atoms with Gasteiger partial charge >= 0.3 is 0 Å². The Morgan fingerprint density at radius 3 is 2.63 bits per heavy atom. The fourth-order valence-electron chi connectivity index (χ4n) is 2.98. The highest BCUT2D eigenvalue weighted by molar-refractivity contribution is 5.79. The Labute approximate surface area is 161 Å². The van der Waals surface area contributed by atoms with Gasteiger partial charge in [0.05, 0.1) is 6.54 Å². The van der Waals surface area contributed by atoms with Crippen LogP contribution in [0.3, 0.4) is 0 Å². The third kappa shape index (κ3) is 5.62. The molecule has 0 spiro atoms. The van der Waals surface area contributed by atoms with Crippen molar-refractivity contribution in [2.24, 2.45) is 4.99 Å². The first-order valence-electron chi connectivity index (χ1n) is 9.19. The zero-order chi connectivity index (χ0) is 19.1. The normalized spacial score (nSPS) is 16.3. The SMILES string of the molecule is CN=C(NCc1cccc(CN(C)C)c1)NCC1COc2ccccc2O1. The lowest BCUT2D eigenvalue weighted by Gasteiger charge is -2.27. The van der Waals surface area contributed by atoms with Crippen molar-refractivity contribution in [1.29, 1.82) is 0 Å². The minimum Gasteiger partial charge on any atom is -0.486 e. The Kier molecular flexibility index (Phi) is 6.54. The summed E-state index contributed by atoms with van der Waals surface area (Å²) >= 11 is 0. The topological polar surface area (TPSA) is 58.1 Å². The van der Waals surface area contributed by atoms with Crippen molar-refractivity contribution >= 4 is 5.96 Å². The summed E-state index contributed by atoms with van der Waals surface area (Å²) in [5, 5.41) is 6.67. The van der Waals surface area contributed by atoms with Gasteiger partial charge in [0.15, 0.2) is 17.5 Å². The molecule has 0 saturated carbocycles. The minimum absolute atomic E-state index is 0.0538. The maximum atomic E-state index is 5.97. The second-order valence-electron chi connectivity index (χ2n) is 6.86. The van der Waals surface area contributed by atoms with Crippen LogP contribution in [0.2, 0.25) is 0 Å². The number of hydrogen-bond donors (Lipinski definition) is 2. The summed E-state index contributed by atoms with van der Waals surface area (Å²) in [5.41, 5.74) is 2.53. The van der Waals surface area contributed by atoms with Gasteiger partial charge < -0.3 is 25.0 Å². The monoisotopic (exact) mass is 368 g/mol. The molecule has 6 nitrogen and oxygen atoms in total. The molecule has 2 aromatic carbocycles. The molecule has 2 aromatic rings. The molecule has 3 rings (SSSR count). The van der Waals surface area contributed by atoms with Crippen molar-refractivity contribution in [2.75, 3.05) is 34.3 Å². The van der Waals surface area contributed by atoms with E-state index >= 15 is 0 Å². The van der Waals surface area contributed by atoms with E-state index in [1.165, 1.54) is 11.1 Å². The Morgan fingerprint density at radius 2 is 1.85 bits per heavy atom. The van der Waals surface area contributed by atoms with E-state index in [4.69, 9.17) is 9.47 Å². The number of rotatable bonds is 6. The largest absolute Gasteiger partial charge is 0.486 e. The predicted molar refractivity (Wildman–Crippen MR) is 108 cm³/mol. The first-order valence-corrected chi connectivity index (χ1v) is 9.19. The Morgan fingerprint density at radius 1 is 1.07 bits per heavy atom. The number of nitrogens with zero attached hydrogens (tertiary/aromatic N) is 2. The molecule has 0 aromatic heterocycles. The summed E-state index contributed by atoms with van der Waals surface area (Å²) < 4.78 is 11.7. The Balaban J connectivity index is 1.48. The van der Waals surface area contributed by atoms with E-state index < -0.39 is 0 Å². The molecular formula is C21H28N4O2. The number of hydrogen-bond acceptors (Lipinski definition) is 4. The van der Waals surface area contributed by atoms with Crippen LogP contribution in [0, 0.1) is 0 Å². The first kappa shape index (κ1) is 19.0. The zero-order valence-electron chi connectivity index (χ0n) is 16.2. The molecule has 0 bridgehead atoms. The molecule has 0 fully saturated rings. The minimum atomic E-state index is -0.0538. The van der Waals surface area contributed by atoms with Gasteiger partial charge in [-0.1, -0.05) is 36.4 Å². The summed E-state index contributed by atoms with van der Waals surface area (Å²) in [6, 6.07) is 16.3. The smallest absolute Gasteiger partial charge is 0.191 e. The van der Waals surface area contributed by atoms with Crippen LogP contribution < -0.4 is 20.1 Å². The molecule has 27 heavy (non-hydrogen) atoms. The van der Waals surface area contributed by atoms with Gasteiger partial charge in [0, 0.05) is 20.1 Å². The van der Waals surface area contributed by atoms with Gasteiger partial charge in [-0.25, -0.2) is 0 Å². The Bertz CT molecular complexity index is 776. The molecule has 0 radical (unpaired) electrons. The number of ether oxygens (including phenoxy) is 2. The first-order chi connectivity index (χ1) is 13.1. The molecule has 0 aliphatic carbocycles. The van der Waals surface area contributed by atoms with Gasteiger partial charge in [0.25, 0.3) is 0 Å². The van der Waals surface area contributed by atoms with Crippen LogP contribution in [0.1, 0.15) is 11.1 Å². The average Bonchev–Trinajstić information content (AvgIpc) is 2.68. The highest BCUT2D eigenvalue weighted by Crippen LogP contribution is 2.30. The van der Waals surface area contributed by atoms with Crippen LogP contribution >= 0.6 is 0 Å². The molecular weight excluding hydrogens is 340 g/mol. The van der Waals surface area contributed by atoms with E-state index in [1.54, 1.807) is 7.05 Å². The molecule has 144 valence electrons. The van der Waals surface area contributed by atoms with Gasteiger partial charge in [-0.2, -0.15) is 0 Å². The van der Waals surface area contributed by atoms with E-state index in [0.717, 1.165) is 24.0 Å². The Hall–Kier alpha value is -2.73. The number of fused-ring (bicyclic) bond motifs is 1. The molecule has 2 N–H and O–H groups in total. The fourth-order valence-corrected chi connectivity index (χ4v) is 2.98. The average molecular weight is 368 g/mol. The van der Waals surface area contributed by atoms with E-state index in [2.05, 4.69) is 58.9 Å². The van der Waals surface area contributed by atoms with Gasteiger partial charge in [-0.3, -0.25) is 4.99 Å². The van der Waals surface area contributed by atoms with Crippen molar-refractivity contribution in [1.82, 2.24) is 15.5 Å². The molecule has 1 atom stereocenters. The van der Waals surface area contributed by atoms with Crippen molar-refractivity contribution in [3.63, 3.8) is 0 Å². The van der Waals surface area contributed by atoms with Gasteiger partial charge in [0.2, 0.25) is 0 Å². The number of benzene rings is 2. The quantitative estimate of drug-likeness (QED) is 0.605. The summed E-state index contributed by atoms with van der Waals surface area (Å²) in [6.45, 7) is 2.79. The molecule has 1 aliphatic heterocycles. The van der Waals surface area contributed by atoms with Crippen LogP contribution in [0.25, 0.3) is 0 Å². The van der Waals surface area contributed by atoms with Crippen molar-refractivity contribution in [3.05, 3.63) is 59.7 Å². The summed E-state index contributed by atoms with van der Waals surface area (Å²) in [7, 11) is 5.92. The van der Waals surface area contributed by atoms with Crippen LogP contribution in [0.4, 0.5) is 0 Å². The fraction of sp³-hybridized carbons (Fsp3) is 0.381. The van der Waals surface area contributed by atoms with E-state index in [0.29, 0.717) is 19.7 Å². The third-order valence-electron chi connectivity index (χ3n) is 4.24.